The lowest BCUT2D eigenvalue weighted by Gasteiger charge is -2.22. The zero-order chi connectivity index (χ0) is 17.0. The molecule has 0 aromatic rings. The van der Waals surface area contributed by atoms with Crippen LogP contribution in [0.4, 0.5) is 4.79 Å². The van der Waals surface area contributed by atoms with Crippen LogP contribution in [0.3, 0.4) is 0 Å². The smallest absolute Gasteiger partial charge is 0.407 e. The minimum atomic E-state index is -0.436. The molecule has 0 aromatic heterocycles. The number of unbranched alkanes of at least 4 members (excludes halogenated alkanes) is 4. The highest BCUT2D eigenvalue weighted by Gasteiger charge is 2.17. The molecule has 0 heterocycles. The van der Waals surface area contributed by atoms with Gasteiger partial charge in [0.15, 0.2) is 0 Å². The lowest BCUT2D eigenvalue weighted by Crippen LogP contribution is -2.39. The zero-order valence-electron chi connectivity index (χ0n) is 15.6. The highest BCUT2D eigenvalue weighted by atomic mass is 16.6. The average Bonchev–Trinajstić information content (AvgIpc) is 2.36. The van der Waals surface area contributed by atoms with E-state index in [9.17, 15) is 4.79 Å². The van der Waals surface area contributed by atoms with Gasteiger partial charge in [-0.25, -0.2) is 4.79 Å². The molecule has 4 heteroatoms. The summed E-state index contributed by atoms with van der Waals surface area (Å²) < 4.78 is 5.25. The van der Waals surface area contributed by atoms with Crippen LogP contribution in [-0.2, 0) is 4.74 Å². The largest absolute Gasteiger partial charge is 0.444 e. The zero-order valence-corrected chi connectivity index (χ0v) is 15.6. The number of carbonyl (C=O) groups is 1. The second-order valence-electron chi connectivity index (χ2n) is 7.39. The maximum absolute atomic E-state index is 11.6. The fourth-order valence-corrected chi connectivity index (χ4v) is 2.28. The van der Waals surface area contributed by atoms with Crippen molar-refractivity contribution in [3.63, 3.8) is 0 Å². The molecule has 0 aliphatic carbocycles. The summed E-state index contributed by atoms with van der Waals surface area (Å²) in [5.41, 5.74) is -0.436. The van der Waals surface area contributed by atoms with E-state index in [0.717, 1.165) is 13.0 Å². The van der Waals surface area contributed by atoms with Crippen LogP contribution in [0.25, 0.3) is 0 Å². The molecule has 132 valence electrons. The van der Waals surface area contributed by atoms with Gasteiger partial charge in [0.05, 0.1) is 0 Å². The van der Waals surface area contributed by atoms with E-state index in [2.05, 4.69) is 24.5 Å². The highest BCUT2D eigenvalue weighted by Crippen LogP contribution is 2.08. The quantitative estimate of drug-likeness (QED) is 0.547. The Hall–Kier alpha value is -0.770. The van der Waals surface area contributed by atoms with Crippen molar-refractivity contribution in [2.75, 3.05) is 6.54 Å². The second kappa shape index (κ2) is 11.8. The van der Waals surface area contributed by atoms with Gasteiger partial charge in [0.1, 0.15) is 5.60 Å². The number of nitrogens with one attached hydrogen (secondary N) is 2. The Morgan fingerprint density at radius 3 is 2.23 bits per heavy atom. The monoisotopic (exact) mass is 314 g/mol. The molecule has 1 amide bonds. The number of alkyl carbamates (subject to hydrolysis) is 1. The van der Waals surface area contributed by atoms with Crippen molar-refractivity contribution in [3.05, 3.63) is 0 Å². The van der Waals surface area contributed by atoms with Crippen molar-refractivity contribution in [1.82, 2.24) is 10.6 Å². The Kier molecular flexibility index (Phi) is 11.3. The van der Waals surface area contributed by atoms with Crippen LogP contribution in [0.5, 0.6) is 0 Å². The third-order valence-corrected chi connectivity index (χ3v) is 3.57. The summed E-state index contributed by atoms with van der Waals surface area (Å²) in [6.07, 6.45) is 8.49. The van der Waals surface area contributed by atoms with Crippen LogP contribution in [0.2, 0.25) is 0 Å². The molecular weight excluding hydrogens is 276 g/mol. The molecule has 0 aliphatic rings. The van der Waals surface area contributed by atoms with Gasteiger partial charge in [-0.15, -0.1) is 0 Å². The first-order chi connectivity index (χ1) is 10.2. The van der Waals surface area contributed by atoms with Crippen LogP contribution in [0.15, 0.2) is 0 Å². The van der Waals surface area contributed by atoms with E-state index in [0.29, 0.717) is 6.04 Å². The molecule has 2 unspecified atom stereocenters. The number of ether oxygens (including phenoxy) is 1. The minimum absolute atomic E-state index is 0.124. The number of rotatable bonds is 11. The summed E-state index contributed by atoms with van der Waals surface area (Å²) >= 11 is 0. The van der Waals surface area contributed by atoms with E-state index in [1.54, 1.807) is 0 Å². The van der Waals surface area contributed by atoms with Gasteiger partial charge < -0.3 is 15.4 Å². The Morgan fingerprint density at radius 1 is 1.00 bits per heavy atom. The van der Waals surface area contributed by atoms with Gasteiger partial charge >= 0.3 is 6.09 Å². The van der Waals surface area contributed by atoms with Crippen molar-refractivity contribution in [2.45, 2.75) is 104 Å². The van der Waals surface area contributed by atoms with E-state index in [-0.39, 0.29) is 12.1 Å². The van der Waals surface area contributed by atoms with E-state index < -0.39 is 5.60 Å². The Morgan fingerprint density at radius 2 is 1.64 bits per heavy atom. The minimum Gasteiger partial charge on any atom is -0.444 e. The number of carbonyl (C=O) groups excluding carboxylic acids is 1. The van der Waals surface area contributed by atoms with Gasteiger partial charge in [-0.05, 0) is 54.0 Å². The molecule has 0 saturated heterocycles. The lowest BCUT2D eigenvalue weighted by molar-refractivity contribution is 0.0506. The topological polar surface area (TPSA) is 50.4 Å². The molecular formula is C18H38N2O2. The van der Waals surface area contributed by atoms with Crippen LogP contribution in [0.1, 0.15) is 86.5 Å². The van der Waals surface area contributed by atoms with E-state index >= 15 is 0 Å². The van der Waals surface area contributed by atoms with Crippen LogP contribution in [0, 0.1) is 0 Å². The van der Waals surface area contributed by atoms with Gasteiger partial charge in [0.2, 0.25) is 0 Å². The van der Waals surface area contributed by atoms with Crippen molar-refractivity contribution >= 4 is 6.09 Å². The lowest BCUT2D eigenvalue weighted by atomic mass is 10.1. The van der Waals surface area contributed by atoms with Gasteiger partial charge in [-0.3, -0.25) is 0 Å². The molecule has 0 bridgehead atoms. The third-order valence-electron chi connectivity index (χ3n) is 3.57. The Labute approximate surface area is 137 Å². The number of hydrogen-bond donors (Lipinski definition) is 2. The Bertz CT molecular complexity index is 287. The molecule has 0 saturated carbocycles. The molecule has 0 fully saturated rings. The van der Waals surface area contributed by atoms with Gasteiger partial charge in [0, 0.05) is 12.1 Å². The van der Waals surface area contributed by atoms with Crippen molar-refractivity contribution in [2.24, 2.45) is 0 Å². The summed E-state index contributed by atoms with van der Waals surface area (Å²) in [4.78, 5) is 11.6. The van der Waals surface area contributed by atoms with Crippen LogP contribution >= 0.6 is 0 Å². The Balaban J connectivity index is 3.62. The molecule has 22 heavy (non-hydrogen) atoms. The van der Waals surface area contributed by atoms with E-state index in [4.69, 9.17) is 4.74 Å². The van der Waals surface area contributed by atoms with Gasteiger partial charge in [0.25, 0.3) is 0 Å². The first-order valence-corrected chi connectivity index (χ1v) is 8.97. The molecule has 0 aromatic carbocycles. The molecule has 4 nitrogen and oxygen atoms in total. The normalized spacial score (nSPS) is 14.5. The van der Waals surface area contributed by atoms with Crippen molar-refractivity contribution in [1.29, 1.82) is 0 Å². The predicted molar refractivity (Wildman–Crippen MR) is 94.3 cm³/mol. The maximum Gasteiger partial charge on any atom is 0.407 e. The second-order valence-corrected chi connectivity index (χ2v) is 7.39. The summed E-state index contributed by atoms with van der Waals surface area (Å²) in [5.74, 6) is 0. The number of amides is 1. The molecule has 2 atom stereocenters. The molecule has 0 rings (SSSR count). The third kappa shape index (κ3) is 14.2. The van der Waals surface area contributed by atoms with Crippen molar-refractivity contribution in [3.8, 4) is 0 Å². The first kappa shape index (κ1) is 21.2. The van der Waals surface area contributed by atoms with Crippen molar-refractivity contribution < 1.29 is 9.53 Å². The molecule has 0 aliphatic heterocycles. The first-order valence-electron chi connectivity index (χ1n) is 8.97. The summed E-state index contributed by atoms with van der Waals surface area (Å²) in [6, 6.07) is 0.675. The standard InChI is InChI=1S/C18H38N2O2/c1-7-8-9-10-11-12-15(2)19-14-13-16(3)20-17(21)22-18(4,5)6/h15-16,19H,7-14H2,1-6H3,(H,20,21). The summed E-state index contributed by atoms with van der Waals surface area (Å²) in [6.45, 7) is 13.1. The van der Waals surface area contributed by atoms with E-state index in [1.165, 1.54) is 38.5 Å². The van der Waals surface area contributed by atoms with Gasteiger partial charge in [-0.1, -0.05) is 39.0 Å². The van der Waals surface area contributed by atoms with Crippen LogP contribution in [-0.4, -0.2) is 30.3 Å². The molecule has 0 spiro atoms. The maximum atomic E-state index is 11.6. The molecule has 0 radical (unpaired) electrons. The van der Waals surface area contributed by atoms with E-state index in [1.807, 2.05) is 27.7 Å². The summed E-state index contributed by atoms with van der Waals surface area (Å²) in [7, 11) is 0. The van der Waals surface area contributed by atoms with Gasteiger partial charge in [-0.2, -0.15) is 0 Å². The fraction of sp³-hybridized carbons (Fsp3) is 0.944. The highest BCUT2D eigenvalue weighted by molar-refractivity contribution is 5.67. The predicted octanol–water partition coefficient (Wildman–Crippen LogP) is 4.63. The summed E-state index contributed by atoms with van der Waals surface area (Å²) in [5, 5.41) is 6.41. The number of hydrogen-bond acceptors (Lipinski definition) is 3. The SMILES string of the molecule is CCCCCCCC(C)NCCC(C)NC(=O)OC(C)(C)C. The fourth-order valence-electron chi connectivity index (χ4n) is 2.28. The molecule has 2 N–H and O–H groups in total. The van der Waals surface area contributed by atoms with Crippen LogP contribution < -0.4 is 10.6 Å². The average molecular weight is 315 g/mol.